The fourth-order valence-electron chi connectivity index (χ4n) is 3.40. The van der Waals surface area contributed by atoms with Crippen LogP contribution in [0.5, 0.6) is 5.75 Å². The molecule has 0 spiro atoms. The van der Waals surface area contributed by atoms with Gasteiger partial charge in [-0.25, -0.2) is 0 Å². The van der Waals surface area contributed by atoms with E-state index in [0.717, 1.165) is 37.9 Å². The first-order valence-electron chi connectivity index (χ1n) is 9.70. The van der Waals surface area contributed by atoms with E-state index in [2.05, 4.69) is 38.0 Å². The third kappa shape index (κ3) is 6.88. The molecule has 2 N–H and O–H groups in total. The summed E-state index contributed by atoms with van der Waals surface area (Å²) in [4.78, 5) is 8.36. The number of aliphatic imine (C=N–C) groups is 1. The summed E-state index contributed by atoms with van der Waals surface area (Å²) in [6.07, 6.45) is 2.55. The van der Waals surface area contributed by atoms with Crippen LogP contribution >= 0.6 is 11.3 Å². The van der Waals surface area contributed by atoms with E-state index in [-0.39, 0.29) is 0 Å². The number of rotatable bonds is 8. The Balaban J connectivity index is 1.33. The number of hydrogen-bond acceptors (Lipinski definition) is 4. The van der Waals surface area contributed by atoms with E-state index < -0.39 is 0 Å². The number of thiophene rings is 1. The van der Waals surface area contributed by atoms with Gasteiger partial charge in [-0.1, -0.05) is 24.3 Å². The molecule has 1 atom stereocenters. The SMILES string of the molecule is CN=C(NCCOc1ccccc1)NCC1CCCN(Cc2cccs2)C1. The first-order chi connectivity index (χ1) is 13.3. The van der Waals surface area contributed by atoms with Gasteiger partial charge in [-0.15, -0.1) is 11.3 Å². The Hall–Kier alpha value is -2.05. The van der Waals surface area contributed by atoms with Crippen molar-refractivity contribution in [3.05, 3.63) is 52.7 Å². The van der Waals surface area contributed by atoms with Gasteiger partial charge in [0.15, 0.2) is 5.96 Å². The monoisotopic (exact) mass is 386 g/mol. The van der Waals surface area contributed by atoms with Crippen molar-refractivity contribution in [1.29, 1.82) is 0 Å². The number of ether oxygens (including phenoxy) is 1. The van der Waals surface area contributed by atoms with E-state index in [1.807, 2.05) is 48.7 Å². The Kier molecular flexibility index (Phi) is 7.99. The molecule has 0 aliphatic carbocycles. The van der Waals surface area contributed by atoms with Gasteiger partial charge in [0.1, 0.15) is 12.4 Å². The third-order valence-corrected chi connectivity index (χ3v) is 5.61. The first-order valence-corrected chi connectivity index (χ1v) is 10.6. The van der Waals surface area contributed by atoms with Crippen LogP contribution in [0.15, 0.2) is 52.8 Å². The van der Waals surface area contributed by atoms with Gasteiger partial charge < -0.3 is 15.4 Å². The number of benzene rings is 1. The number of hydrogen-bond donors (Lipinski definition) is 2. The number of nitrogens with one attached hydrogen (secondary N) is 2. The van der Waals surface area contributed by atoms with Crippen LogP contribution in [0.2, 0.25) is 0 Å². The van der Waals surface area contributed by atoms with Gasteiger partial charge in [0, 0.05) is 31.6 Å². The molecule has 27 heavy (non-hydrogen) atoms. The van der Waals surface area contributed by atoms with E-state index in [1.54, 1.807) is 0 Å². The molecule has 0 saturated carbocycles. The highest BCUT2D eigenvalue weighted by Gasteiger charge is 2.20. The molecule has 6 heteroatoms. The van der Waals surface area contributed by atoms with Gasteiger partial charge >= 0.3 is 0 Å². The fraction of sp³-hybridized carbons (Fsp3) is 0.476. The zero-order valence-corrected chi connectivity index (χ0v) is 16.9. The predicted molar refractivity (Wildman–Crippen MR) is 114 cm³/mol. The highest BCUT2D eigenvalue weighted by Crippen LogP contribution is 2.19. The van der Waals surface area contributed by atoms with Gasteiger partial charge in [-0.3, -0.25) is 9.89 Å². The maximum absolute atomic E-state index is 5.71. The molecule has 0 bridgehead atoms. The van der Waals surface area contributed by atoms with Crippen molar-refractivity contribution in [2.45, 2.75) is 19.4 Å². The highest BCUT2D eigenvalue weighted by atomic mass is 32.1. The third-order valence-electron chi connectivity index (χ3n) is 4.75. The van der Waals surface area contributed by atoms with E-state index in [9.17, 15) is 0 Å². The van der Waals surface area contributed by atoms with Crippen LogP contribution in [0, 0.1) is 5.92 Å². The number of nitrogens with zero attached hydrogens (tertiary/aromatic N) is 2. The molecule has 5 nitrogen and oxygen atoms in total. The number of likely N-dealkylation sites (tertiary alicyclic amines) is 1. The molecule has 0 amide bonds. The lowest BCUT2D eigenvalue weighted by atomic mass is 9.98. The van der Waals surface area contributed by atoms with Crippen molar-refractivity contribution in [3.63, 3.8) is 0 Å². The number of piperidine rings is 1. The van der Waals surface area contributed by atoms with E-state index in [1.165, 1.54) is 24.3 Å². The molecule has 1 saturated heterocycles. The molecule has 1 unspecified atom stereocenters. The average Bonchev–Trinajstić information content (AvgIpc) is 3.21. The Labute approximate surface area is 166 Å². The average molecular weight is 387 g/mol. The molecule has 0 radical (unpaired) electrons. The van der Waals surface area contributed by atoms with Gasteiger partial charge in [-0.2, -0.15) is 0 Å². The molecule has 3 rings (SSSR count). The summed E-state index contributed by atoms with van der Waals surface area (Å²) >= 11 is 1.85. The van der Waals surface area contributed by atoms with Crippen LogP contribution < -0.4 is 15.4 Å². The van der Waals surface area contributed by atoms with Crippen molar-refractivity contribution < 1.29 is 4.74 Å². The number of guanidine groups is 1. The quantitative estimate of drug-likeness (QED) is 0.416. The first kappa shape index (κ1) is 19.7. The van der Waals surface area contributed by atoms with Crippen LogP contribution in [0.4, 0.5) is 0 Å². The highest BCUT2D eigenvalue weighted by molar-refractivity contribution is 7.09. The summed E-state index contributed by atoms with van der Waals surface area (Å²) in [7, 11) is 1.82. The van der Waals surface area contributed by atoms with Crippen molar-refractivity contribution >= 4 is 17.3 Å². The minimum absolute atomic E-state index is 0.614. The zero-order chi connectivity index (χ0) is 18.7. The summed E-state index contributed by atoms with van der Waals surface area (Å²) in [5, 5.41) is 8.97. The molecule has 1 fully saturated rings. The maximum Gasteiger partial charge on any atom is 0.191 e. The second-order valence-corrected chi connectivity index (χ2v) is 7.90. The summed E-state index contributed by atoms with van der Waals surface area (Å²) in [5.74, 6) is 2.41. The second-order valence-electron chi connectivity index (χ2n) is 6.86. The number of para-hydroxylation sites is 1. The second kappa shape index (κ2) is 10.9. The van der Waals surface area contributed by atoms with E-state index >= 15 is 0 Å². The lowest BCUT2D eigenvalue weighted by Crippen LogP contribution is -2.45. The molecule has 2 aromatic rings. The molecule has 1 aromatic carbocycles. The van der Waals surface area contributed by atoms with Crippen LogP contribution in [-0.2, 0) is 6.54 Å². The van der Waals surface area contributed by atoms with Crippen LogP contribution in [-0.4, -0.2) is 50.7 Å². The lowest BCUT2D eigenvalue weighted by Gasteiger charge is -2.32. The minimum atomic E-state index is 0.614. The molecule has 2 heterocycles. The molecule has 146 valence electrons. The smallest absolute Gasteiger partial charge is 0.191 e. The van der Waals surface area contributed by atoms with Gasteiger partial charge in [-0.05, 0) is 48.9 Å². The largest absolute Gasteiger partial charge is 0.492 e. The molecule has 1 aliphatic heterocycles. The Morgan fingerprint density at radius 2 is 2.11 bits per heavy atom. The standard InChI is InChI=1S/C21H30N4OS/c1-22-21(23-11-13-26-19-8-3-2-4-9-19)24-15-18-7-5-12-25(16-18)17-20-10-6-14-27-20/h2-4,6,8-10,14,18H,5,7,11-13,15-17H2,1H3,(H2,22,23,24). The van der Waals surface area contributed by atoms with Crippen molar-refractivity contribution in [2.24, 2.45) is 10.9 Å². The van der Waals surface area contributed by atoms with Crippen molar-refractivity contribution in [2.75, 3.05) is 39.8 Å². The minimum Gasteiger partial charge on any atom is -0.492 e. The summed E-state index contributed by atoms with van der Waals surface area (Å²) in [6.45, 7) is 5.74. The van der Waals surface area contributed by atoms with Gasteiger partial charge in [0.2, 0.25) is 0 Å². The Morgan fingerprint density at radius 3 is 2.89 bits per heavy atom. The van der Waals surface area contributed by atoms with E-state index in [4.69, 9.17) is 4.74 Å². The molecule has 1 aromatic heterocycles. The predicted octanol–water partition coefficient (Wildman–Crippen LogP) is 3.20. The van der Waals surface area contributed by atoms with Gasteiger partial charge in [0.05, 0.1) is 6.54 Å². The maximum atomic E-state index is 5.71. The lowest BCUT2D eigenvalue weighted by molar-refractivity contribution is 0.169. The van der Waals surface area contributed by atoms with Crippen LogP contribution in [0.25, 0.3) is 0 Å². The summed E-state index contributed by atoms with van der Waals surface area (Å²) in [6, 6.07) is 14.3. The topological polar surface area (TPSA) is 48.9 Å². The van der Waals surface area contributed by atoms with Crippen molar-refractivity contribution in [1.82, 2.24) is 15.5 Å². The zero-order valence-electron chi connectivity index (χ0n) is 16.1. The normalized spacial score (nSPS) is 18.3. The summed E-state index contributed by atoms with van der Waals surface area (Å²) in [5.41, 5.74) is 0. The summed E-state index contributed by atoms with van der Waals surface area (Å²) < 4.78 is 5.71. The fourth-order valence-corrected chi connectivity index (χ4v) is 4.15. The molecule has 1 aliphatic rings. The Bertz CT molecular complexity index is 675. The molecular weight excluding hydrogens is 356 g/mol. The molecular formula is C21H30N4OS. The van der Waals surface area contributed by atoms with Gasteiger partial charge in [0.25, 0.3) is 0 Å². The van der Waals surface area contributed by atoms with Crippen LogP contribution in [0.1, 0.15) is 17.7 Å². The van der Waals surface area contributed by atoms with Crippen molar-refractivity contribution in [3.8, 4) is 5.75 Å². The Morgan fingerprint density at radius 1 is 1.22 bits per heavy atom. The van der Waals surface area contributed by atoms with Crippen LogP contribution in [0.3, 0.4) is 0 Å². The van der Waals surface area contributed by atoms with E-state index in [0.29, 0.717) is 12.5 Å².